The lowest BCUT2D eigenvalue weighted by Gasteiger charge is -2.61. The van der Waals surface area contributed by atoms with Gasteiger partial charge in [-0.1, -0.05) is 0 Å². The summed E-state index contributed by atoms with van der Waals surface area (Å²) >= 11 is 0. The maximum Gasteiger partial charge on any atom is 0.415 e. The molecular formula is C21H24N6O3. The summed E-state index contributed by atoms with van der Waals surface area (Å²) in [6.07, 6.45) is 9.46. The average Bonchev–Trinajstić information content (AvgIpc) is 2.66. The Hall–Kier alpha value is -3.10. The fourth-order valence-electron chi connectivity index (χ4n) is 6.08. The molecule has 0 spiro atoms. The van der Waals surface area contributed by atoms with Crippen molar-refractivity contribution in [3.8, 4) is 6.01 Å². The molecular weight excluding hydrogens is 384 g/mol. The molecule has 4 saturated carbocycles. The first-order valence-electron chi connectivity index (χ1n) is 10.3. The maximum absolute atomic E-state index is 12.8. The zero-order valence-electron chi connectivity index (χ0n) is 16.8. The van der Waals surface area contributed by atoms with Crippen LogP contribution in [0.2, 0.25) is 0 Å². The van der Waals surface area contributed by atoms with Crippen LogP contribution in [0.4, 0.5) is 4.79 Å². The molecule has 2 aromatic heterocycles. The molecule has 2 atom stereocenters. The van der Waals surface area contributed by atoms with Crippen LogP contribution in [-0.4, -0.2) is 43.0 Å². The summed E-state index contributed by atoms with van der Waals surface area (Å²) in [6.45, 7) is 1.82. The Balaban J connectivity index is 1.32. The zero-order chi connectivity index (χ0) is 20.8. The summed E-state index contributed by atoms with van der Waals surface area (Å²) in [6, 6.07) is 3.40. The number of amides is 2. The predicted octanol–water partition coefficient (Wildman–Crippen LogP) is 2.18. The molecule has 0 aliphatic heterocycles. The van der Waals surface area contributed by atoms with Gasteiger partial charge in [0.05, 0.1) is 0 Å². The summed E-state index contributed by atoms with van der Waals surface area (Å²) < 4.78 is 5.34. The summed E-state index contributed by atoms with van der Waals surface area (Å²) in [7, 11) is 0. The van der Waals surface area contributed by atoms with E-state index in [9.17, 15) is 9.59 Å². The van der Waals surface area contributed by atoms with Crippen molar-refractivity contribution in [1.29, 1.82) is 0 Å². The number of rotatable bonds is 4. The molecule has 0 radical (unpaired) electrons. The van der Waals surface area contributed by atoms with Gasteiger partial charge < -0.3 is 15.4 Å². The fraction of sp³-hybridized carbons (Fsp3) is 0.524. The van der Waals surface area contributed by atoms with Crippen LogP contribution in [0.5, 0.6) is 6.01 Å². The SMILES string of the molecule is Cc1ccnc(OC(=O)NC23CC4CC(C2)CC(NC(=O)c2ccncn2)(C4)C3)n1. The average molecular weight is 408 g/mol. The van der Waals surface area contributed by atoms with Crippen molar-refractivity contribution in [3.05, 3.63) is 42.2 Å². The second kappa shape index (κ2) is 7.00. The van der Waals surface area contributed by atoms with Crippen molar-refractivity contribution in [2.24, 2.45) is 11.8 Å². The normalized spacial score (nSPS) is 31.2. The van der Waals surface area contributed by atoms with Gasteiger partial charge in [-0.15, -0.1) is 0 Å². The van der Waals surface area contributed by atoms with Crippen molar-refractivity contribution in [1.82, 2.24) is 30.6 Å². The Morgan fingerprint density at radius 2 is 1.77 bits per heavy atom. The van der Waals surface area contributed by atoms with Crippen LogP contribution in [0.15, 0.2) is 30.9 Å². The van der Waals surface area contributed by atoms with Gasteiger partial charge >= 0.3 is 12.1 Å². The number of aromatic nitrogens is 4. The van der Waals surface area contributed by atoms with Gasteiger partial charge in [-0.2, -0.15) is 0 Å². The Morgan fingerprint density at radius 1 is 1.03 bits per heavy atom. The van der Waals surface area contributed by atoms with E-state index in [1.54, 1.807) is 24.5 Å². The van der Waals surface area contributed by atoms with Crippen LogP contribution in [0.3, 0.4) is 0 Å². The Kier molecular flexibility index (Phi) is 4.41. The van der Waals surface area contributed by atoms with Crippen molar-refractivity contribution in [2.45, 2.75) is 56.5 Å². The van der Waals surface area contributed by atoms with Crippen molar-refractivity contribution in [3.63, 3.8) is 0 Å². The number of aryl methyl sites for hydroxylation is 1. The van der Waals surface area contributed by atoms with Crippen LogP contribution in [-0.2, 0) is 0 Å². The third-order valence-corrected chi connectivity index (χ3v) is 6.58. The van der Waals surface area contributed by atoms with E-state index in [0.717, 1.165) is 37.8 Å². The highest BCUT2D eigenvalue weighted by molar-refractivity contribution is 5.92. The minimum Gasteiger partial charge on any atom is -0.374 e. The predicted molar refractivity (Wildman–Crippen MR) is 106 cm³/mol. The number of nitrogens with zero attached hydrogens (tertiary/aromatic N) is 4. The Bertz CT molecular complexity index is 968. The second-order valence-corrected chi connectivity index (χ2v) is 9.07. The fourth-order valence-corrected chi connectivity index (χ4v) is 6.08. The molecule has 4 fully saturated rings. The van der Waals surface area contributed by atoms with E-state index in [1.807, 2.05) is 6.92 Å². The van der Waals surface area contributed by atoms with Crippen molar-refractivity contribution in [2.75, 3.05) is 0 Å². The topological polar surface area (TPSA) is 119 Å². The highest BCUT2D eigenvalue weighted by Crippen LogP contribution is 2.57. The summed E-state index contributed by atoms with van der Waals surface area (Å²) in [4.78, 5) is 41.5. The van der Waals surface area contributed by atoms with Crippen LogP contribution in [0, 0.1) is 18.8 Å². The number of ether oxygens (including phenoxy) is 1. The molecule has 2 amide bonds. The van der Waals surface area contributed by atoms with Crippen LogP contribution in [0.25, 0.3) is 0 Å². The number of hydrogen-bond acceptors (Lipinski definition) is 7. The molecule has 4 bridgehead atoms. The minimum atomic E-state index is -0.542. The molecule has 4 aliphatic carbocycles. The van der Waals surface area contributed by atoms with Gasteiger partial charge in [0.25, 0.3) is 5.91 Å². The summed E-state index contributed by atoms with van der Waals surface area (Å²) in [5, 5.41) is 6.36. The van der Waals surface area contributed by atoms with E-state index < -0.39 is 6.09 Å². The lowest BCUT2D eigenvalue weighted by atomic mass is 9.50. The van der Waals surface area contributed by atoms with Gasteiger partial charge in [-0.3, -0.25) is 4.79 Å². The summed E-state index contributed by atoms with van der Waals surface area (Å²) in [5.41, 5.74) is 0.371. The molecule has 9 nitrogen and oxygen atoms in total. The van der Waals surface area contributed by atoms with E-state index >= 15 is 0 Å². The first kappa shape index (κ1) is 18.9. The third-order valence-electron chi connectivity index (χ3n) is 6.58. The molecule has 2 heterocycles. The molecule has 0 saturated heterocycles. The molecule has 4 aliphatic rings. The lowest BCUT2D eigenvalue weighted by molar-refractivity contribution is -0.0450. The second-order valence-electron chi connectivity index (χ2n) is 9.07. The van der Waals surface area contributed by atoms with E-state index in [4.69, 9.17) is 4.74 Å². The molecule has 6 rings (SSSR count). The van der Waals surface area contributed by atoms with Gasteiger partial charge in [0.15, 0.2) is 0 Å². The minimum absolute atomic E-state index is 0.0454. The first-order valence-corrected chi connectivity index (χ1v) is 10.3. The van der Waals surface area contributed by atoms with E-state index in [2.05, 4.69) is 30.6 Å². The molecule has 30 heavy (non-hydrogen) atoms. The monoisotopic (exact) mass is 408 g/mol. The number of hydrogen-bond donors (Lipinski definition) is 2. The maximum atomic E-state index is 12.8. The molecule has 9 heteroatoms. The quantitative estimate of drug-likeness (QED) is 0.796. The van der Waals surface area contributed by atoms with Crippen molar-refractivity contribution >= 4 is 12.0 Å². The Morgan fingerprint density at radius 3 is 2.43 bits per heavy atom. The largest absolute Gasteiger partial charge is 0.415 e. The Labute approximate surface area is 174 Å². The summed E-state index contributed by atoms with van der Waals surface area (Å²) in [5.74, 6) is 0.741. The lowest BCUT2D eigenvalue weighted by Crippen LogP contribution is -2.70. The number of carbonyl (C=O) groups excluding carboxylic acids is 2. The van der Waals surface area contributed by atoms with Gasteiger partial charge in [0, 0.05) is 29.2 Å². The highest BCUT2D eigenvalue weighted by atomic mass is 16.6. The molecule has 2 N–H and O–H groups in total. The molecule has 0 aromatic carbocycles. The van der Waals surface area contributed by atoms with E-state index in [-0.39, 0.29) is 23.0 Å². The zero-order valence-corrected chi connectivity index (χ0v) is 16.8. The standard InChI is InChI=1S/C21H24N6O3/c1-13-2-5-23-18(25-13)30-19(29)27-21-9-14-6-15(10-21)8-20(7-14,11-21)26-17(28)16-3-4-22-12-24-16/h2-5,12,14-15H,6-11H2,1H3,(H,26,28)(H,27,29). The molecule has 156 valence electrons. The van der Waals surface area contributed by atoms with E-state index in [0.29, 0.717) is 24.0 Å². The highest BCUT2D eigenvalue weighted by Gasteiger charge is 2.59. The third kappa shape index (κ3) is 3.59. The number of carbonyl (C=O) groups is 2. The van der Waals surface area contributed by atoms with Gasteiger partial charge in [0.2, 0.25) is 0 Å². The van der Waals surface area contributed by atoms with Crippen molar-refractivity contribution < 1.29 is 14.3 Å². The number of nitrogens with one attached hydrogen (secondary N) is 2. The first-order chi connectivity index (χ1) is 14.4. The van der Waals surface area contributed by atoms with Gasteiger partial charge in [0.1, 0.15) is 12.0 Å². The van der Waals surface area contributed by atoms with Gasteiger partial charge in [-0.05, 0) is 69.4 Å². The van der Waals surface area contributed by atoms with Crippen LogP contribution < -0.4 is 15.4 Å². The van der Waals surface area contributed by atoms with E-state index in [1.165, 1.54) is 6.33 Å². The smallest absolute Gasteiger partial charge is 0.374 e. The van der Waals surface area contributed by atoms with Gasteiger partial charge in [-0.25, -0.2) is 24.7 Å². The van der Waals surface area contributed by atoms with Crippen LogP contribution in [0.1, 0.15) is 54.7 Å². The molecule has 2 aromatic rings. The molecule has 2 unspecified atom stereocenters. The van der Waals surface area contributed by atoms with Crippen LogP contribution >= 0.6 is 0 Å².